The Bertz CT molecular complexity index is 516. The second kappa shape index (κ2) is 5.84. The first-order valence-corrected chi connectivity index (χ1v) is 6.25. The number of hydrogen-bond donors (Lipinski definition) is 2. The molecule has 100 valence electrons. The van der Waals surface area contributed by atoms with Crippen molar-refractivity contribution < 1.29 is 14.7 Å². The summed E-state index contributed by atoms with van der Waals surface area (Å²) < 4.78 is 0. The number of aromatic nitrogens is 1. The zero-order chi connectivity index (χ0) is 13.8. The summed E-state index contributed by atoms with van der Waals surface area (Å²) in [4.78, 5) is 27.3. The van der Waals surface area contributed by atoms with Crippen molar-refractivity contribution in [3.63, 3.8) is 0 Å². The smallest absolute Gasteiger partial charge is 0.307 e. The van der Waals surface area contributed by atoms with Crippen molar-refractivity contribution in [1.82, 2.24) is 4.98 Å². The van der Waals surface area contributed by atoms with Crippen molar-refractivity contribution in [2.45, 2.75) is 12.8 Å². The quantitative estimate of drug-likeness (QED) is 0.890. The Morgan fingerprint density at radius 1 is 1.37 bits per heavy atom. The molecule has 1 heterocycles. The molecule has 0 spiro atoms. The lowest BCUT2D eigenvalue weighted by atomic mass is 9.82. The number of carbonyl (C=O) groups is 2. The van der Waals surface area contributed by atoms with Crippen molar-refractivity contribution in [3.05, 3.63) is 35.5 Å². The molecular formula is C13H13ClN2O3. The molecule has 1 aromatic rings. The number of nitrogens with one attached hydrogen (secondary N) is 1. The largest absolute Gasteiger partial charge is 0.481 e. The molecule has 0 aromatic carbocycles. The Hall–Kier alpha value is -1.88. The molecule has 1 aliphatic carbocycles. The van der Waals surface area contributed by atoms with Gasteiger partial charge in [-0.2, -0.15) is 0 Å². The summed E-state index contributed by atoms with van der Waals surface area (Å²) in [6.45, 7) is 0. The molecule has 6 heteroatoms. The predicted octanol–water partition coefficient (Wildman–Crippen LogP) is 2.25. The molecule has 1 amide bonds. The third kappa shape index (κ3) is 3.32. The molecule has 0 saturated carbocycles. The second-order valence-corrected chi connectivity index (χ2v) is 4.83. The molecule has 0 aliphatic heterocycles. The Kier molecular flexibility index (Phi) is 4.16. The van der Waals surface area contributed by atoms with Gasteiger partial charge in [0.05, 0.1) is 11.8 Å². The van der Waals surface area contributed by atoms with E-state index < -0.39 is 17.8 Å². The average Bonchev–Trinajstić information content (AvgIpc) is 2.39. The fourth-order valence-corrected chi connectivity index (χ4v) is 2.31. The van der Waals surface area contributed by atoms with Crippen molar-refractivity contribution in [2.75, 3.05) is 5.32 Å². The van der Waals surface area contributed by atoms with Crippen LogP contribution in [0, 0.1) is 11.8 Å². The highest BCUT2D eigenvalue weighted by molar-refractivity contribution is 6.29. The Morgan fingerprint density at radius 2 is 2.16 bits per heavy atom. The van der Waals surface area contributed by atoms with E-state index in [1.807, 2.05) is 0 Å². The average molecular weight is 281 g/mol. The maximum absolute atomic E-state index is 12.1. The van der Waals surface area contributed by atoms with Crippen LogP contribution in [0.25, 0.3) is 0 Å². The monoisotopic (exact) mass is 280 g/mol. The van der Waals surface area contributed by atoms with Crippen molar-refractivity contribution in [1.29, 1.82) is 0 Å². The Labute approximate surface area is 115 Å². The Morgan fingerprint density at radius 3 is 2.79 bits per heavy atom. The number of allylic oxidation sites excluding steroid dienone is 2. The van der Waals surface area contributed by atoms with E-state index in [1.165, 1.54) is 0 Å². The van der Waals surface area contributed by atoms with Gasteiger partial charge in [-0.3, -0.25) is 9.59 Å². The highest BCUT2D eigenvalue weighted by atomic mass is 35.5. The number of pyridine rings is 1. The molecule has 5 nitrogen and oxygen atoms in total. The van der Waals surface area contributed by atoms with Gasteiger partial charge in [0, 0.05) is 11.2 Å². The van der Waals surface area contributed by atoms with Gasteiger partial charge in [0.1, 0.15) is 5.82 Å². The van der Waals surface area contributed by atoms with Crippen LogP contribution in [-0.2, 0) is 9.59 Å². The number of carboxylic acids is 1. The van der Waals surface area contributed by atoms with Crippen molar-refractivity contribution in [2.24, 2.45) is 11.8 Å². The minimum absolute atomic E-state index is 0.247. The van der Waals surface area contributed by atoms with E-state index in [-0.39, 0.29) is 18.7 Å². The van der Waals surface area contributed by atoms with Gasteiger partial charge in [0.15, 0.2) is 0 Å². The number of nitrogens with zero attached hydrogens (tertiary/aromatic N) is 1. The van der Waals surface area contributed by atoms with E-state index in [0.29, 0.717) is 10.9 Å². The standard InChI is InChI=1S/C13H13ClN2O3/c14-8-4-5-9(13(18)19)10(7-8)12(17)16-11-3-1-2-6-15-11/h1-4,6,9-10H,5,7H2,(H,18,19)(H,15,16,17)/t9-,10-/m0/s1. The number of carboxylic acid groups (broad SMARTS) is 1. The van der Waals surface area contributed by atoms with Gasteiger partial charge in [-0.25, -0.2) is 4.98 Å². The summed E-state index contributed by atoms with van der Waals surface area (Å²) in [5, 5.41) is 12.3. The second-order valence-electron chi connectivity index (χ2n) is 4.35. The molecule has 1 aliphatic rings. The molecule has 2 N–H and O–H groups in total. The van der Waals surface area contributed by atoms with Gasteiger partial charge in [-0.05, 0) is 25.0 Å². The molecule has 19 heavy (non-hydrogen) atoms. The minimum Gasteiger partial charge on any atom is -0.481 e. The molecule has 2 rings (SSSR count). The van der Waals surface area contributed by atoms with E-state index in [9.17, 15) is 9.59 Å². The first kappa shape index (κ1) is 13.5. The highest BCUT2D eigenvalue weighted by Gasteiger charge is 2.36. The van der Waals surface area contributed by atoms with Crippen molar-refractivity contribution in [3.8, 4) is 0 Å². The van der Waals surface area contributed by atoms with Gasteiger partial charge >= 0.3 is 5.97 Å². The first-order chi connectivity index (χ1) is 9.08. The minimum atomic E-state index is -0.985. The zero-order valence-electron chi connectivity index (χ0n) is 10.0. The Balaban J connectivity index is 2.12. The number of anilines is 1. The SMILES string of the molecule is O=C(O)[C@H]1CC=C(Cl)C[C@@H]1C(=O)Nc1ccccn1. The molecule has 0 saturated heterocycles. The van der Waals surface area contributed by atoms with Crippen LogP contribution in [0.1, 0.15) is 12.8 Å². The fraction of sp³-hybridized carbons (Fsp3) is 0.308. The number of rotatable bonds is 3. The van der Waals surface area contributed by atoms with Crippen molar-refractivity contribution >= 4 is 29.3 Å². The van der Waals surface area contributed by atoms with Gasteiger partial charge in [0.2, 0.25) is 5.91 Å². The summed E-state index contributed by atoms with van der Waals surface area (Å²) in [7, 11) is 0. The number of amides is 1. The van der Waals surface area contributed by atoms with E-state index in [0.717, 1.165) is 0 Å². The summed E-state index contributed by atoms with van der Waals surface area (Å²) >= 11 is 5.90. The van der Waals surface area contributed by atoms with Gasteiger partial charge in [-0.1, -0.05) is 23.7 Å². The van der Waals surface area contributed by atoms with Crippen LogP contribution in [0.3, 0.4) is 0 Å². The van der Waals surface area contributed by atoms with Crippen LogP contribution in [0.4, 0.5) is 5.82 Å². The molecular weight excluding hydrogens is 268 g/mol. The van der Waals surface area contributed by atoms with Crippen LogP contribution in [-0.4, -0.2) is 22.0 Å². The number of aliphatic carboxylic acids is 1. The lowest BCUT2D eigenvalue weighted by Gasteiger charge is -2.25. The number of hydrogen-bond acceptors (Lipinski definition) is 3. The van der Waals surface area contributed by atoms with Crippen LogP contribution in [0.5, 0.6) is 0 Å². The third-order valence-electron chi connectivity index (χ3n) is 3.06. The molecule has 2 atom stereocenters. The van der Waals surface area contributed by atoms with Crippen LogP contribution >= 0.6 is 11.6 Å². The van der Waals surface area contributed by atoms with E-state index >= 15 is 0 Å². The molecule has 0 fully saturated rings. The lowest BCUT2D eigenvalue weighted by Crippen LogP contribution is -2.35. The molecule has 1 aromatic heterocycles. The van der Waals surface area contributed by atoms with Gasteiger partial charge < -0.3 is 10.4 Å². The molecule has 0 radical (unpaired) electrons. The van der Waals surface area contributed by atoms with Crippen LogP contribution < -0.4 is 5.32 Å². The lowest BCUT2D eigenvalue weighted by molar-refractivity contribution is -0.146. The van der Waals surface area contributed by atoms with Crippen LogP contribution in [0.15, 0.2) is 35.5 Å². The predicted molar refractivity (Wildman–Crippen MR) is 70.7 cm³/mol. The van der Waals surface area contributed by atoms with E-state index in [4.69, 9.17) is 16.7 Å². The molecule has 0 bridgehead atoms. The summed E-state index contributed by atoms with van der Waals surface area (Å²) in [5.41, 5.74) is 0. The molecule has 0 unspecified atom stereocenters. The highest BCUT2D eigenvalue weighted by Crippen LogP contribution is 2.32. The van der Waals surface area contributed by atoms with Gasteiger partial charge in [0.25, 0.3) is 0 Å². The normalized spacial score (nSPS) is 22.5. The number of halogens is 1. The maximum atomic E-state index is 12.1. The summed E-state index contributed by atoms with van der Waals surface area (Å²) in [6, 6.07) is 5.12. The van der Waals surface area contributed by atoms with E-state index in [1.54, 1.807) is 30.5 Å². The van der Waals surface area contributed by atoms with E-state index in [2.05, 4.69) is 10.3 Å². The summed E-state index contributed by atoms with van der Waals surface area (Å²) in [5.74, 6) is -2.36. The fourth-order valence-electron chi connectivity index (χ4n) is 2.06. The summed E-state index contributed by atoms with van der Waals surface area (Å²) in [6.07, 6.45) is 3.73. The number of carbonyl (C=O) groups excluding carboxylic acids is 1. The van der Waals surface area contributed by atoms with Crippen LogP contribution in [0.2, 0.25) is 0 Å². The first-order valence-electron chi connectivity index (χ1n) is 5.87. The zero-order valence-corrected chi connectivity index (χ0v) is 10.8. The third-order valence-corrected chi connectivity index (χ3v) is 3.37. The maximum Gasteiger partial charge on any atom is 0.307 e. The van der Waals surface area contributed by atoms with Gasteiger partial charge in [-0.15, -0.1) is 0 Å². The topological polar surface area (TPSA) is 79.3 Å².